The summed E-state index contributed by atoms with van der Waals surface area (Å²) in [6.07, 6.45) is 1.16. The molecule has 1 aliphatic rings. The molecule has 0 aromatic heterocycles. The van der Waals surface area contributed by atoms with Crippen LogP contribution in [-0.4, -0.2) is 37.0 Å². The van der Waals surface area contributed by atoms with Crippen LogP contribution >= 0.6 is 27.5 Å². The fraction of sp³-hybridized carbons (Fsp3) is 0.455. The van der Waals surface area contributed by atoms with Crippen LogP contribution in [0.5, 0.6) is 0 Å². The molecule has 20 heavy (non-hydrogen) atoms. The summed E-state index contributed by atoms with van der Waals surface area (Å²) in [7, 11) is -4.08. The number of nitrogens with zero attached hydrogens (tertiary/aromatic N) is 1. The first-order valence-electron chi connectivity index (χ1n) is 5.86. The molecule has 1 aliphatic heterocycles. The molecule has 0 unspecified atom stereocenters. The number of hydrogen-bond donors (Lipinski definition) is 2. The lowest BCUT2D eigenvalue weighted by molar-refractivity contribution is 0.213. The topological polar surface area (TPSA) is 83.6 Å². The quantitative estimate of drug-likeness (QED) is 0.613. The summed E-state index contributed by atoms with van der Waals surface area (Å²) >= 11 is 8.84. The number of nitrogen functional groups attached to an aromatic ring is 1. The highest BCUT2D eigenvalue weighted by Crippen LogP contribution is 2.37. The summed E-state index contributed by atoms with van der Waals surface area (Å²) in [5.74, 6) is -1.04. The van der Waals surface area contributed by atoms with Crippen LogP contribution in [0.1, 0.15) is 12.8 Å². The Morgan fingerprint density at radius 3 is 2.85 bits per heavy atom. The number of hydrogen-bond acceptors (Lipinski definition) is 4. The molecule has 5 nitrogen and oxygen atoms in total. The van der Waals surface area contributed by atoms with Gasteiger partial charge in [-0.1, -0.05) is 11.6 Å². The van der Waals surface area contributed by atoms with Gasteiger partial charge < -0.3 is 10.8 Å². The lowest BCUT2D eigenvalue weighted by Gasteiger charge is -2.23. The fourth-order valence-corrected chi connectivity index (χ4v) is 4.58. The van der Waals surface area contributed by atoms with E-state index in [1.807, 2.05) is 0 Å². The van der Waals surface area contributed by atoms with Gasteiger partial charge in [0.25, 0.3) is 0 Å². The zero-order chi connectivity index (χ0) is 15.1. The lowest BCUT2D eigenvalue weighted by Crippen LogP contribution is -2.38. The maximum absolute atomic E-state index is 14.1. The molecule has 0 bridgehead atoms. The van der Waals surface area contributed by atoms with Crippen LogP contribution in [0.25, 0.3) is 0 Å². The predicted molar refractivity (Wildman–Crippen MR) is 77.5 cm³/mol. The highest BCUT2D eigenvalue weighted by molar-refractivity contribution is 9.10. The first-order chi connectivity index (χ1) is 9.30. The molecule has 0 aliphatic carbocycles. The van der Waals surface area contributed by atoms with Crippen molar-refractivity contribution in [3.8, 4) is 0 Å². The van der Waals surface area contributed by atoms with Crippen LogP contribution < -0.4 is 5.73 Å². The van der Waals surface area contributed by atoms with Crippen LogP contribution in [0.15, 0.2) is 15.4 Å². The first-order valence-corrected chi connectivity index (χ1v) is 8.47. The molecule has 0 saturated carbocycles. The van der Waals surface area contributed by atoms with Crippen molar-refractivity contribution in [2.45, 2.75) is 23.8 Å². The van der Waals surface area contributed by atoms with Gasteiger partial charge in [-0.2, -0.15) is 4.31 Å². The van der Waals surface area contributed by atoms with Crippen molar-refractivity contribution in [2.75, 3.05) is 18.9 Å². The summed E-state index contributed by atoms with van der Waals surface area (Å²) in [6.45, 7) is -0.0683. The lowest BCUT2D eigenvalue weighted by atomic mass is 10.2. The molecule has 9 heteroatoms. The van der Waals surface area contributed by atoms with Gasteiger partial charge in [0.05, 0.1) is 21.8 Å². The van der Waals surface area contributed by atoms with Crippen molar-refractivity contribution in [1.29, 1.82) is 0 Å². The molecule has 1 saturated heterocycles. The van der Waals surface area contributed by atoms with Gasteiger partial charge >= 0.3 is 0 Å². The average Bonchev–Trinajstić information content (AvgIpc) is 2.89. The van der Waals surface area contributed by atoms with Crippen molar-refractivity contribution in [2.24, 2.45) is 0 Å². The molecule has 1 atom stereocenters. The molecule has 0 amide bonds. The Morgan fingerprint density at radius 2 is 2.25 bits per heavy atom. The Morgan fingerprint density at radius 1 is 1.60 bits per heavy atom. The molecule has 1 fully saturated rings. The molecule has 3 N–H and O–H groups in total. The zero-order valence-corrected chi connectivity index (χ0v) is 13.5. The van der Waals surface area contributed by atoms with Crippen molar-refractivity contribution >= 4 is 43.2 Å². The van der Waals surface area contributed by atoms with Crippen molar-refractivity contribution < 1.29 is 17.9 Å². The van der Waals surface area contributed by atoms with Crippen molar-refractivity contribution in [3.05, 3.63) is 21.4 Å². The minimum absolute atomic E-state index is 0.0159. The highest BCUT2D eigenvalue weighted by Gasteiger charge is 2.37. The van der Waals surface area contributed by atoms with Crippen molar-refractivity contribution in [1.82, 2.24) is 4.31 Å². The van der Waals surface area contributed by atoms with Gasteiger partial charge in [-0.05, 0) is 34.8 Å². The van der Waals surface area contributed by atoms with Gasteiger partial charge in [0.2, 0.25) is 10.0 Å². The number of benzene rings is 1. The van der Waals surface area contributed by atoms with Crippen LogP contribution in [0, 0.1) is 5.82 Å². The fourth-order valence-electron chi connectivity index (χ4n) is 2.22. The van der Waals surface area contributed by atoms with Gasteiger partial charge in [-0.15, -0.1) is 0 Å². The second-order valence-corrected chi connectivity index (χ2v) is 7.55. The van der Waals surface area contributed by atoms with Crippen LogP contribution in [0.4, 0.5) is 10.1 Å². The second kappa shape index (κ2) is 5.76. The van der Waals surface area contributed by atoms with E-state index in [2.05, 4.69) is 15.9 Å². The minimum Gasteiger partial charge on any atom is -0.395 e. The number of nitrogens with two attached hydrogens (primary N) is 1. The smallest absolute Gasteiger partial charge is 0.246 e. The molecule has 1 heterocycles. The number of aliphatic hydroxyl groups is 1. The number of anilines is 1. The number of halogens is 3. The largest absolute Gasteiger partial charge is 0.395 e. The van der Waals surface area contributed by atoms with Gasteiger partial charge in [-0.3, -0.25) is 0 Å². The SMILES string of the molecule is Nc1c(F)c(S(=O)(=O)N2CCC[C@@H]2CO)cc(Cl)c1Br. The molecule has 1 aromatic rings. The third kappa shape index (κ3) is 2.55. The standard InChI is InChI=1S/C11H13BrClFN2O3S/c12-9-7(13)4-8(10(14)11(9)15)20(18,19)16-3-1-2-6(16)5-17/h4,6,17H,1-3,5,15H2/t6-/m1/s1. The molecule has 2 rings (SSSR count). The summed E-state index contributed by atoms with van der Waals surface area (Å²) in [4.78, 5) is -0.566. The predicted octanol–water partition coefficient (Wildman–Crippen LogP) is 1.97. The number of rotatable bonds is 3. The van der Waals surface area contributed by atoms with E-state index in [4.69, 9.17) is 17.3 Å². The van der Waals surface area contributed by atoms with E-state index < -0.39 is 26.8 Å². The zero-order valence-electron chi connectivity index (χ0n) is 10.3. The molecular formula is C11H13BrClFN2O3S. The number of aliphatic hydroxyl groups excluding tert-OH is 1. The first kappa shape index (κ1) is 16.0. The summed E-state index contributed by atoms with van der Waals surface area (Å²) in [5.41, 5.74) is 5.16. The van der Waals surface area contributed by atoms with E-state index in [0.29, 0.717) is 12.8 Å². The normalized spacial score (nSPS) is 20.5. The van der Waals surface area contributed by atoms with Crippen LogP contribution in [-0.2, 0) is 10.0 Å². The molecule has 0 spiro atoms. The summed E-state index contributed by atoms with van der Waals surface area (Å²) < 4.78 is 40.3. The Bertz CT molecular complexity index is 641. The van der Waals surface area contributed by atoms with Crippen LogP contribution in [0.2, 0.25) is 5.02 Å². The number of sulfonamides is 1. The Labute approximate surface area is 129 Å². The maximum Gasteiger partial charge on any atom is 0.246 e. The molecule has 0 radical (unpaired) electrons. The van der Waals surface area contributed by atoms with Gasteiger partial charge in [0, 0.05) is 12.6 Å². The van der Waals surface area contributed by atoms with Gasteiger partial charge in [0.15, 0.2) is 5.82 Å². The van der Waals surface area contributed by atoms with Gasteiger partial charge in [-0.25, -0.2) is 12.8 Å². The van der Waals surface area contributed by atoms with E-state index in [-0.39, 0.29) is 28.3 Å². The molecule has 1 aromatic carbocycles. The minimum atomic E-state index is -4.08. The van der Waals surface area contributed by atoms with E-state index >= 15 is 0 Å². The van der Waals surface area contributed by atoms with E-state index in [1.54, 1.807) is 0 Å². The van der Waals surface area contributed by atoms with Crippen molar-refractivity contribution in [3.63, 3.8) is 0 Å². The van der Waals surface area contributed by atoms with Gasteiger partial charge in [0.1, 0.15) is 4.90 Å². The third-order valence-electron chi connectivity index (χ3n) is 3.28. The second-order valence-electron chi connectivity index (χ2n) is 4.49. The van der Waals surface area contributed by atoms with E-state index in [0.717, 1.165) is 10.4 Å². The molecular weight excluding hydrogens is 375 g/mol. The monoisotopic (exact) mass is 386 g/mol. The van der Waals surface area contributed by atoms with E-state index in [9.17, 15) is 17.9 Å². The molecule has 112 valence electrons. The summed E-state index contributed by atoms with van der Waals surface area (Å²) in [6, 6.07) is 0.488. The summed E-state index contributed by atoms with van der Waals surface area (Å²) in [5, 5.41) is 9.23. The Balaban J connectivity index is 2.56. The van der Waals surface area contributed by atoms with Crippen LogP contribution in [0.3, 0.4) is 0 Å². The highest BCUT2D eigenvalue weighted by atomic mass is 79.9. The maximum atomic E-state index is 14.1. The van der Waals surface area contributed by atoms with E-state index in [1.165, 1.54) is 0 Å². The Kier molecular flexibility index (Phi) is 4.60. The Hall–Kier alpha value is -0.410. The third-order valence-corrected chi connectivity index (χ3v) is 6.61. The average molecular weight is 388 g/mol.